The molecule has 4 rings (SSSR count). The standard InChI is InChI=1S/C22H34N6O2/c1-18(20(29)26-10-3-2-4-11-26)25-14-16-27(17-15-25)21(30)19-6-12-28(13-7-19)22-23-8-5-9-24-22/h5,8-9,18-19H,2-4,6-7,10-17H2,1H3. The molecule has 4 heterocycles. The topological polar surface area (TPSA) is 72.9 Å². The van der Waals surface area contributed by atoms with Crippen molar-refractivity contribution < 1.29 is 9.59 Å². The second-order valence-electron chi connectivity index (χ2n) is 8.73. The maximum absolute atomic E-state index is 13.0. The molecule has 1 aromatic rings. The molecule has 1 unspecified atom stereocenters. The van der Waals surface area contributed by atoms with E-state index in [2.05, 4.69) is 19.8 Å². The zero-order valence-electron chi connectivity index (χ0n) is 18.1. The Hall–Kier alpha value is -2.22. The predicted molar refractivity (Wildman–Crippen MR) is 115 cm³/mol. The molecular weight excluding hydrogens is 380 g/mol. The summed E-state index contributed by atoms with van der Waals surface area (Å²) in [5.41, 5.74) is 0. The van der Waals surface area contributed by atoms with Gasteiger partial charge in [0.25, 0.3) is 0 Å². The highest BCUT2D eigenvalue weighted by Crippen LogP contribution is 2.23. The van der Waals surface area contributed by atoms with Crippen molar-refractivity contribution in [1.29, 1.82) is 0 Å². The molecule has 0 radical (unpaired) electrons. The predicted octanol–water partition coefficient (Wildman–Crippen LogP) is 1.24. The van der Waals surface area contributed by atoms with Gasteiger partial charge in [0.15, 0.2) is 0 Å². The number of anilines is 1. The molecule has 8 nitrogen and oxygen atoms in total. The molecule has 3 saturated heterocycles. The van der Waals surface area contributed by atoms with Crippen molar-refractivity contribution in [1.82, 2.24) is 24.7 Å². The lowest BCUT2D eigenvalue weighted by atomic mass is 9.95. The highest BCUT2D eigenvalue weighted by Gasteiger charge is 2.34. The number of likely N-dealkylation sites (tertiary alicyclic amines) is 1. The summed E-state index contributed by atoms with van der Waals surface area (Å²) in [7, 11) is 0. The number of carbonyl (C=O) groups is 2. The van der Waals surface area contributed by atoms with Crippen molar-refractivity contribution in [2.24, 2.45) is 5.92 Å². The summed E-state index contributed by atoms with van der Waals surface area (Å²) >= 11 is 0. The molecule has 0 aromatic carbocycles. The van der Waals surface area contributed by atoms with Crippen LogP contribution in [-0.2, 0) is 9.59 Å². The molecule has 1 atom stereocenters. The van der Waals surface area contributed by atoms with E-state index in [0.717, 1.165) is 84.0 Å². The van der Waals surface area contributed by atoms with Crippen molar-refractivity contribution >= 4 is 17.8 Å². The third-order valence-electron chi connectivity index (χ3n) is 6.88. The summed E-state index contributed by atoms with van der Waals surface area (Å²) in [6.07, 6.45) is 8.69. The lowest BCUT2D eigenvalue weighted by molar-refractivity contribution is -0.141. The maximum Gasteiger partial charge on any atom is 0.239 e. The van der Waals surface area contributed by atoms with E-state index in [4.69, 9.17) is 0 Å². The molecule has 0 aliphatic carbocycles. The number of piperidine rings is 2. The summed E-state index contributed by atoms with van der Waals surface area (Å²) in [6.45, 7) is 8.46. The van der Waals surface area contributed by atoms with Gasteiger partial charge in [0, 0.05) is 70.7 Å². The molecule has 30 heavy (non-hydrogen) atoms. The first kappa shape index (κ1) is 21.0. The molecule has 0 bridgehead atoms. The van der Waals surface area contributed by atoms with E-state index in [-0.39, 0.29) is 23.8 Å². The fraction of sp³-hybridized carbons (Fsp3) is 0.727. The van der Waals surface area contributed by atoms with Gasteiger partial charge in [0.2, 0.25) is 17.8 Å². The van der Waals surface area contributed by atoms with E-state index in [9.17, 15) is 9.59 Å². The second kappa shape index (κ2) is 9.73. The van der Waals surface area contributed by atoms with Crippen molar-refractivity contribution in [3.63, 3.8) is 0 Å². The van der Waals surface area contributed by atoms with Gasteiger partial charge in [-0.1, -0.05) is 0 Å². The lowest BCUT2D eigenvalue weighted by Gasteiger charge is -2.41. The van der Waals surface area contributed by atoms with E-state index in [1.165, 1.54) is 6.42 Å². The Bertz CT molecular complexity index is 708. The van der Waals surface area contributed by atoms with Gasteiger partial charge in [0.1, 0.15) is 0 Å². The minimum absolute atomic E-state index is 0.0870. The lowest BCUT2D eigenvalue weighted by Crippen LogP contribution is -2.57. The van der Waals surface area contributed by atoms with Crippen LogP contribution in [0.4, 0.5) is 5.95 Å². The van der Waals surface area contributed by atoms with Crippen LogP contribution in [0.2, 0.25) is 0 Å². The Balaban J connectivity index is 1.23. The molecule has 2 amide bonds. The minimum atomic E-state index is -0.0885. The maximum atomic E-state index is 13.0. The molecular formula is C22H34N6O2. The molecule has 8 heteroatoms. The number of hydrogen-bond acceptors (Lipinski definition) is 6. The van der Waals surface area contributed by atoms with Gasteiger partial charge in [-0.05, 0) is 45.1 Å². The first-order valence-electron chi connectivity index (χ1n) is 11.5. The number of nitrogens with zero attached hydrogens (tertiary/aromatic N) is 6. The van der Waals surface area contributed by atoms with E-state index in [0.29, 0.717) is 0 Å². The van der Waals surface area contributed by atoms with E-state index < -0.39 is 0 Å². The van der Waals surface area contributed by atoms with Crippen LogP contribution in [0, 0.1) is 5.92 Å². The SMILES string of the molecule is CC(C(=O)N1CCCCC1)N1CCN(C(=O)C2CCN(c3ncccn3)CC2)CC1. The number of amides is 2. The summed E-state index contributed by atoms with van der Waals surface area (Å²) in [5, 5.41) is 0. The molecule has 0 spiro atoms. The molecule has 3 aliphatic rings. The summed E-state index contributed by atoms with van der Waals surface area (Å²) in [5.74, 6) is 1.37. The van der Waals surface area contributed by atoms with Gasteiger partial charge in [0.05, 0.1) is 6.04 Å². The highest BCUT2D eigenvalue weighted by atomic mass is 16.2. The number of piperazine rings is 1. The smallest absolute Gasteiger partial charge is 0.239 e. The molecule has 3 fully saturated rings. The number of carbonyl (C=O) groups excluding carboxylic acids is 2. The van der Waals surface area contributed by atoms with Gasteiger partial charge in [-0.25, -0.2) is 9.97 Å². The molecule has 164 valence electrons. The number of aromatic nitrogens is 2. The Labute approximate surface area is 179 Å². The zero-order valence-corrected chi connectivity index (χ0v) is 18.1. The van der Waals surface area contributed by atoms with Crippen molar-refractivity contribution in [3.05, 3.63) is 18.5 Å². The van der Waals surface area contributed by atoms with Crippen molar-refractivity contribution in [3.8, 4) is 0 Å². The normalized spacial score (nSPS) is 22.8. The van der Waals surface area contributed by atoms with E-state index in [1.54, 1.807) is 12.4 Å². The summed E-state index contributed by atoms with van der Waals surface area (Å²) in [6, 6.07) is 1.73. The number of rotatable bonds is 4. The van der Waals surface area contributed by atoms with Gasteiger partial charge in [-0.2, -0.15) is 0 Å². The van der Waals surface area contributed by atoms with Crippen LogP contribution in [0.5, 0.6) is 0 Å². The Morgan fingerprint density at radius 3 is 2.13 bits per heavy atom. The third kappa shape index (κ3) is 4.74. The first-order chi connectivity index (χ1) is 14.6. The quantitative estimate of drug-likeness (QED) is 0.738. The van der Waals surface area contributed by atoms with Gasteiger partial charge in [-0.15, -0.1) is 0 Å². The van der Waals surface area contributed by atoms with Crippen LogP contribution in [0.15, 0.2) is 18.5 Å². The summed E-state index contributed by atoms with van der Waals surface area (Å²) in [4.78, 5) is 42.9. The van der Waals surface area contributed by atoms with Gasteiger partial charge >= 0.3 is 0 Å². The molecule has 3 aliphatic heterocycles. The van der Waals surface area contributed by atoms with Crippen molar-refractivity contribution in [2.45, 2.75) is 45.1 Å². The van der Waals surface area contributed by atoms with Crippen LogP contribution in [0.25, 0.3) is 0 Å². The highest BCUT2D eigenvalue weighted by molar-refractivity contribution is 5.82. The Kier molecular flexibility index (Phi) is 6.82. The van der Waals surface area contributed by atoms with Crippen LogP contribution in [-0.4, -0.2) is 94.9 Å². The molecule has 0 N–H and O–H groups in total. The zero-order chi connectivity index (χ0) is 20.9. The third-order valence-corrected chi connectivity index (χ3v) is 6.88. The first-order valence-corrected chi connectivity index (χ1v) is 11.5. The monoisotopic (exact) mass is 414 g/mol. The van der Waals surface area contributed by atoms with Gasteiger partial charge in [-0.3, -0.25) is 14.5 Å². The van der Waals surface area contributed by atoms with Crippen LogP contribution in [0.3, 0.4) is 0 Å². The van der Waals surface area contributed by atoms with Crippen molar-refractivity contribution in [2.75, 3.05) is 57.3 Å². The molecule has 1 aromatic heterocycles. The molecule has 0 saturated carbocycles. The Morgan fingerprint density at radius 1 is 0.867 bits per heavy atom. The van der Waals surface area contributed by atoms with Gasteiger partial charge < -0.3 is 14.7 Å². The Morgan fingerprint density at radius 2 is 1.50 bits per heavy atom. The largest absolute Gasteiger partial charge is 0.341 e. The van der Waals surface area contributed by atoms with E-state index >= 15 is 0 Å². The van der Waals surface area contributed by atoms with Crippen LogP contribution >= 0.6 is 0 Å². The minimum Gasteiger partial charge on any atom is -0.341 e. The fourth-order valence-corrected chi connectivity index (χ4v) is 4.90. The van der Waals surface area contributed by atoms with Crippen LogP contribution in [0.1, 0.15) is 39.0 Å². The van der Waals surface area contributed by atoms with Crippen LogP contribution < -0.4 is 4.90 Å². The average Bonchev–Trinajstić information content (AvgIpc) is 2.84. The second-order valence-corrected chi connectivity index (χ2v) is 8.73. The summed E-state index contributed by atoms with van der Waals surface area (Å²) < 4.78 is 0. The average molecular weight is 415 g/mol. The number of hydrogen-bond donors (Lipinski definition) is 0. The fourth-order valence-electron chi connectivity index (χ4n) is 4.90. The van der Waals surface area contributed by atoms with E-state index in [1.807, 2.05) is 22.8 Å².